The van der Waals surface area contributed by atoms with E-state index in [4.69, 9.17) is 27.9 Å². The number of halogens is 2. The van der Waals surface area contributed by atoms with Gasteiger partial charge >= 0.3 is 0 Å². The van der Waals surface area contributed by atoms with Gasteiger partial charge in [-0.2, -0.15) is 0 Å². The number of fused-ring (bicyclic) bond motifs is 1. The number of ether oxygens (including phenoxy) is 1. The van der Waals surface area contributed by atoms with Gasteiger partial charge in [0.2, 0.25) is 0 Å². The van der Waals surface area contributed by atoms with E-state index in [1.807, 2.05) is 30.5 Å². The third kappa shape index (κ3) is 4.38. The molecule has 2 aromatic rings. The third-order valence-corrected chi connectivity index (χ3v) is 8.29. The smallest absolute Gasteiger partial charge is 0.269 e. The van der Waals surface area contributed by atoms with E-state index >= 15 is 0 Å². The van der Waals surface area contributed by atoms with Crippen LogP contribution in [0.5, 0.6) is 5.75 Å². The first-order valence-corrected chi connectivity index (χ1v) is 12.7. The molecule has 0 N–H and O–H groups in total. The minimum Gasteiger partial charge on any atom is -0.495 e. The minimum absolute atomic E-state index is 0.0752. The van der Waals surface area contributed by atoms with E-state index in [0.717, 1.165) is 13.0 Å². The number of benzene rings is 2. The first-order valence-electron chi connectivity index (χ1n) is 10.6. The van der Waals surface area contributed by atoms with Gasteiger partial charge in [-0.25, -0.2) is 12.7 Å². The predicted molar refractivity (Wildman–Crippen MR) is 127 cm³/mol. The van der Waals surface area contributed by atoms with Crippen LogP contribution in [0.25, 0.3) is 0 Å². The highest BCUT2D eigenvalue weighted by Crippen LogP contribution is 2.37. The van der Waals surface area contributed by atoms with E-state index < -0.39 is 10.0 Å². The van der Waals surface area contributed by atoms with Crippen molar-refractivity contribution in [2.45, 2.75) is 37.2 Å². The number of methoxy groups -OCH3 is 1. The molecule has 0 aliphatic carbocycles. The predicted octanol–water partition coefficient (Wildman–Crippen LogP) is 4.44. The highest BCUT2D eigenvalue weighted by molar-refractivity contribution is 7.89. The fourth-order valence-electron chi connectivity index (χ4n) is 4.26. The summed E-state index contributed by atoms with van der Waals surface area (Å²) >= 11 is 12.2. The van der Waals surface area contributed by atoms with Gasteiger partial charge in [0, 0.05) is 35.4 Å². The van der Waals surface area contributed by atoms with Crippen molar-refractivity contribution in [3.05, 3.63) is 70.1 Å². The van der Waals surface area contributed by atoms with Crippen LogP contribution in [0.2, 0.25) is 10.0 Å². The van der Waals surface area contributed by atoms with Gasteiger partial charge in [-0.05, 0) is 56.2 Å². The molecule has 4 rings (SSSR count). The zero-order chi connectivity index (χ0) is 23.0. The molecule has 2 aliphatic heterocycles. The molecule has 2 aliphatic rings. The van der Waals surface area contributed by atoms with Crippen LogP contribution in [-0.2, 0) is 16.4 Å². The summed E-state index contributed by atoms with van der Waals surface area (Å²) in [5.74, 6) is 0.966. The van der Waals surface area contributed by atoms with Crippen LogP contribution in [-0.4, -0.2) is 61.4 Å². The number of rotatable bonds is 6. The van der Waals surface area contributed by atoms with Crippen molar-refractivity contribution in [3.8, 4) is 5.75 Å². The molecule has 2 aromatic carbocycles. The van der Waals surface area contributed by atoms with Crippen LogP contribution in [0.3, 0.4) is 0 Å². The highest BCUT2D eigenvalue weighted by Gasteiger charge is 2.42. The number of nitrogens with zero attached hydrogens (tertiary/aromatic N) is 3. The Morgan fingerprint density at radius 1 is 1.06 bits per heavy atom. The fourth-order valence-corrected chi connectivity index (χ4v) is 6.27. The van der Waals surface area contributed by atoms with Gasteiger partial charge in [-0.1, -0.05) is 35.3 Å². The zero-order valence-corrected chi connectivity index (χ0v) is 20.7. The maximum Gasteiger partial charge on any atom is 0.269 e. The van der Waals surface area contributed by atoms with Crippen LogP contribution in [0.15, 0.2) is 59.4 Å². The van der Waals surface area contributed by atoms with Crippen LogP contribution >= 0.6 is 23.2 Å². The van der Waals surface area contributed by atoms with E-state index in [1.165, 1.54) is 23.0 Å². The molecule has 1 atom stereocenters. The molecule has 1 unspecified atom stereocenters. The Morgan fingerprint density at radius 3 is 2.41 bits per heavy atom. The molecule has 6 nitrogen and oxygen atoms in total. The monoisotopic (exact) mass is 495 g/mol. The Balaban J connectivity index is 1.70. The largest absolute Gasteiger partial charge is 0.495 e. The van der Waals surface area contributed by atoms with E-state index in [0.29, 0.717) is 29.0 Å². The van der Waals surface area contributed by atoms with Crippen LogP contribution in [0.4, 0.5) is 0 Å². The molecule has 0 bridgehead atoms. The maximum atomic E-state index is 13.7. The van der Waals surface area contributed by atoms with Crippen molar-refractivity contribution in [3.63, 3.8) is 0 Å². The quantitative estimate of drug-likeness (QED) is 0.592. The van der Waals surface area contributed by atoms with Crippen molar-refractivity contribution in [2.75, 3.05) is 26.7 Å². The van der Waals surface area contributed by atoms with Gasteiger partial charge in [0.15, 0.2) is 0 Å². The minimum atomic E-state index is -3.86. The molecule has 0 spiro atoms. The molecule has 32 heavy (non-hydrogen) atoms. The number of hydrogen-bond donors (Lipinski definition) is 0. The van der Waals surface area contributed by atoms with Crippen molar-refractivity contribution in [1.29, 1.82) is 0 Å². The van der Waals surface area contributed by atoms with Gasteiger partial charge in [0.25, 0.3) is 10.0 Å². The van der Waals surface area contributed by atoms with Gasteiger partial charge in [0.05, 0.1) is 19.7 Å². The lowest BCUT2D eigenvalue weighted by Gasteiger charge is -2.42. The molecule has 9 heteroatoms. The third-order valence-electron chi connectivity index (χ3n) is 5.98. The summed E-state index contributed by atoms with van der Waals surface area (Å²) in [7, 11) is -2.40. The SMILES string of the molecule is COc1ccc(Cl)cc1S(=O)(=O)N1CCN2C1=CN(C(C)C)CC2Cc1ccc(Cl)cc1. The average molecular weight is 496 g/mol. The van der Waals surface area contributed by atoms with E-state index in [2.05, 4.69) is 23.6 Å². The Hall–Kier alpha value is -2.09. The summed E-state index contributed by atoms with van der Waals surface area (Å²) in [4.78, 5) is 4.48. The van der Waals surface area contributed by atoms with Crippen LogP contribution in [0, 0.1) is 0 Å². The fraction of sp³-hybridized carbons (Fsp3) is 0.391. The zero-order valence-electron chi connectivity index (χ0n) is 18.3. The van der Waals surface area contributed by atoms with Crippen molar-refractivity contribution < 1.29 is 13.2 Å². The second-order valence-corrected chi connectivity index (χ2v) is 11.0. The Morgan fingerprint density at radius 2 is 1.75 bits per heavy atom. The maximum absolute atomic E-state index is 13.7. The number of sulfonamides is 1. The van der Waals surface area contributed by atoms with E-state index in [-0.39, 0.29) is 22.7 Å². The normalized spacial score (nSPS) is 18.8. The molecule has 0 saturated carbocycles. The van der Waals surface area contributed by atoms with E-state index in [1.54, 1.807) is 12.1 Å². The Kier molecular flexibility index (Phi) is 6.52. The molecular weight excluding hydrogens is 469 g/mol. The lowest BCUT2D eigenvalue weighted by molar-refractivity contribution is 0.157. The summed E-state index contributed by atoms with van der Waals surface area (Å²) in [6.45, 7) is 6.03. The van der Waals surface area contributed by atoms with Gasteiger partial charge < -0.3 is 14.5 Å². The molecule has 0 amide bonds. The first kappa shape index (κ1) is 23.1. The average Bonchev–Trinajstić information content (AvgIpc) is 3.20. The molecule has 172 valence electrons. The number of hydrogen-bond acceptors (Lipinski definition) is 5. The molecule has 0 aromatic heterocycles. The molecule has 0 radical (unpaired) electrons. The summed E-state index contributed by atoms with van der Waals surface area (Å²) in [5.41, 5.74) is 1.17. The van der Waals surface area contributed by atoms with Gasteiger partial charge in [-0.15, -0.1) is 0 Å². The highest BCUT2D eigenvalue weighted by atomic mass is 35.5. The summed E-state index contributed by atoms with van der Waals surface area (Å²) in [6.07, 6.45) is 2.76. The lowest BCUT2D eigenvalue weighted by atomic mass is 10.0. The summed E-state index contributed by atoms with van der Waals surface area (Å²) in [5, 5.41) is 1.05. The van der Waals surface area contributed by atoms with Crippen molar-refractivity contribution in [2.24, 2.45) is 0 Å². The standard InChI is InChI=1S/C23H27Cl2N3O3S/c1-16(2)26-14-20(12-17-4-6-18(24)7-5-17)27-10-11-28(23(27)15-26)32(29,30)22-13-19(25)8-9-21(22)31-3/h4-9,13,15-16,20H,10-12,14H2,1-3H3. The first-order chi connectivity index (χ1) is 15.2. The van der Waals surface area contributed by atoms with Crippen LogP contribution < -0.4 is 4.74 Å². The summed E-state index contributed by atoms with van der Waals surface area (Å²) < 4.78 is 34.2. The Labute approximate surface area is 200 Å². The van der Waals surface area contributed by atoms with E-state index in [9.17, 15) is 8.42 Å². The topological polar surface area (TPSA) is 53.1 Å². The van der Waals surface area contributed by atoms with Gasteiger partial charge in [-0.3, -0.25) is 0 Å². The summed E-state index contributed by atoms with van der Waals surface area (Å²) in [6, 6.07) is 12.9. The van der Waals surface area contributed by atoms with Crippen molar-refractivity contribution in [1.82, 2.24) is 14.1 Å². The second kappa shape index (κ2) is 9.04. The second-order valence-electron chi connectivity index (χ2n) is 8.33. The van der Waals surface area contributed by atoms with Crippen LogP contribution in [0.1, 0.15) is 19.4 Å². The molecule has 1 saturated heterocycles. The Bertz CT molecular complexity index is 1120. The molecule has 1 fully saturated rings. The van der Waals surface area contributed by atoms with Gasteiger partial charge in [0.1, 0.15) is 16.5 Å². The van der Waals surface area contributed by atoms with Crippen molar-refractivity contribution >= 4 is 33.2 Å². The lowest BCUT2D eigenvalue weighted by Crippen LogP contribution is -2.49. The molecular formula is C23H27Cl2N3O3S. The molecule has 2 heterocycles.